The molecule has 0 aromatic heterocycles. The standard InChI is InChI=1S/C9H21O6P/c1-2-3-4-5-13-6-7-14-8-9-15-16(10,11)12/h2-9H2,1H3,(H2,10,11,12). The molecule has 0 aromatic carbocycles. The van der Waals surface area contributed by atoms with E-state index in [1.807, 2.05) is 0 Å². The summed E-state index contributed by atoms with van der Waals surface area (Å²) in [7, 11) is -4.35. The molecule has 0 radical (unpaired) electrons. The number of hydrogen-bond donors (Lipinski definition) is 2. The van der Waals surface area contributed by atoms with Gasteiger partial charge in [-0.25, -0.2) is 4.57 Å². The molecule has 0 bridgehead atoms. The van der Waals surface area contributed by atoms with Crippen LogP contribution in [0.4, 0.5) is 0 Å². The van der Waals surface area contributed by atoms with E-state index >= 15 is 0 Å². The van der Waals surface area contributed by atoms with Crippen LogP contribution in [0.2, 0.25) is 0 Å². The van der Waals surface area contributed by atoms with Crippen molar-refractivity contribution in [3.63, 3.8) is 0 Å². The first-order chi connectivity index (χ1) is 7.56. The fourth-order valence-electron chi connectivity index (χ4n) is 0.991. The molecule has 0 spiro atoms. The summed E-state index contributed by atoms with van der Waals surface area (Å²) >= 11 is 0. The number of ether oxygens (including phenoxy) is 2. The molecule has 0 aliphatic rings. The zero-order valence-electron chi connectivity index (χ0n) is 9.63. The summed E-state index contributed by atoms with van der Waals surface area (Å²) in [5.41, 5.74) is 0. The first-order valence-electron chi connectivity index (χ1n) is 5.42. The first kappa shape index (κ1) is 16.0. The maximum atomic E-state index is 10.3. The van der Waals surface area contributed by atoms with Crippen molar-refractivity contribution in [2.45, 2.75) is 26.2 Å². The van der Waals surface area contributed by atoms with Gasteiger partial charge < -0.3 is 19.3 Å². The van der Waals surface area contributed by atoms with Crippen molar-refractivity contribution < 1.29 is 28.3 Å². The molecule has 0 amide bonds. The van der Waals surface area contributed by atoms with Crippen LogP contribution in [0.5, 0.6) is 0 Å². The van der Waals surface area contributed by atoms with Gasteiger partial charge in [-0.05, 0) is 6.42 Å². The second-order valence-electron chi connectivity index (χ2n) is 3.26. The molecule has 0 saturated heterocycles. The lowest BCUT2D eigenvalue weighted by Crippen LogP contribution is -2.09. The monoisotopic (exact) mass is 256 g/mol. The molecule has 16 heavy (non-hydrogen) atoms. The highest BCUT2D eigenvalue weighted by Crippen LogP contribution is 2.35. The molecule has 6 nitrogen and oxygen atoms in total. The summed E-state index contributed by atoms with van der Waals surface area (Å²) in [5.74, 6) is 0. The number of phosphoric ester groups is 1. The molecule has 0 atom stereocenters. The van der Waals surface area contributed by atoms with Crippen LogP contribution in [-0.2, 0) is 18.6 Å². The SMILES string of the molecule is CCCCCOCCOCCOP(=O)(O)O. The molecule has 7 heteroatoms. The van der Waals surface area contributed by atoms with Gasteiger partial charge in [0.05, 0.1) is 26.4 Å². The molecular formula is C9H21O6P. The summed E-state index contributed by atoms with van der Waals surface area (Å²) in [5, 5.41) is 0. The predicted molar refractivity (Wildman–Crippen MR) is 59.2 cm³/mol. The van der Waals surface area contributed by atoms with Crippen molar-refractivity contribution >= 4 is 7.82 Å². The molecular weight excluding hydrogens is 235 g/mol. The maximum absolute atomic E-state index is 10.3. The Kier molecular flexibility index (Phi) is 10.2. The highest BCUT2D eigenvalue weighted by atomic mass is 31.2. The van der Waals surface area contributed by atoms with E-state index < -0.39 is 7.82 Å². The summed E-state index contributed by atoms with van der Waals surface area (Å²) in [6.45, 7) is 3.82. The molecule has 2 N–H and O–H groups in total. The van der Waals surface area contributed by atoms with E-state index in [-0.39, 0.29) is 13.2 Å². The van der Waals surface area contributed by atoms with Crippen LogP contribution in [0.25, 0.3) is 0 Å². The van der Waals surface area contributed by atoms with E-state index in [4.69, 9.17) is 19.3 Å². The van der Waals surface area contributed by atoms with Crippen molar-refractivity contribution in [1.29, 1.82) is 0 Å². The average Bonchev–Trinajstić information content (AvgIpc) is 2.19. The normalized spacial score (nSPS) is 11.9. The number of phosphoric acid groups is 1. The minimum atomic E-state index is -4.35. The van der Waals surface area contributed by atoms with Crippen LogP contribution >= 0.6 is 7.82 Å². The van der Waals surface area contributed by atoms with Gasteiger partial charge in [-0.15, -0.1) is 0 Å². The topological polar surface area (TPSA) is 85.2 Å². The fraction of sp³-hybridized carbons (Fsp3) is 1.00. The predicted octanol–water partition coefficient (Wildman–Crippen LogP) is 1.32. The third-order valence-corrected chi connectivity index (χ3v) is 2.27. The zero-order valence-corrected chi connectivity index (χ0v) is 10.5. The molecule has 0 saturated carbocycles. The Morgan fingerprint density at radius 1 is 0.938 bits per heavy atom. The summed E-state index contributed by atoms with van der Waals surface area (Å²) < 4.78 is 24.8. The molecule has 0 heterocycles. The molecule has 0 aliphatic carbocycles. The van der Waals surface area contributed by atoms with Gasteiger partial charge in [0.2, 0.25) is 0 Å². The molecule has 0 aliphatic heterocycles. The molecule has 0 aromatic rings. The quantitative estimate of drug-likeness (QED) is 0.428. The third-order valence-electron chi connectivity index (χ3n) is 1.75. The third kappa shape index (κ3) is 14.0. The summed E-state index contributed by atoms with van der Waals surface area (Å²) in [6, 6.07) is 0. The lowest BCUT2D eigenvalue weighted by Gasteiger charge is -2.06. The Morgan fingerprint density at radius 3 is 2.06 bits per heavy atom. The van der Waals surface area contributed by atoms with E-state index in [0.717, 1.165) is 19.4 Å². The minimum Gasteiger partial charge on any atom is -0.379 e. The molecule has 0 unspecified atom stereocenters. The lowest BCUT2D eigenvalue weighted by atomic mass is 10.3. The first-order valence-corrected chi connectivity index (χ1v) is 6.95. The van der Waals surface area contributed by atoms with Gasteiger partial charge in [-0.1, -0.05) is 19.8 Å². The van der Waals surface area contributed by atoms with Gasteiger partial charge in [0.15, 0.2) is 0 Å². The Hall–Kier alpha value is 0.0300. The van der Waals surface area contributed by atoms with Crippen LogP contribution in [0.3, 0.4) is 0 Å². The molecule has 0 rings (SSSR count). The second-order valence-corrected chi connectivity index (χ2v) is 4.50. The minimum absolute atomic E-state index is 0.111. The molecule has 98 valence electrons. The van der Waals surface area contributed by atoms with Crippen LogP contribution in [0, 0.1) is 0 Å². The van der Waals surface area contributed by atoms with Crippen molar-refractivity contribution in [2.75, 3.05) is 33.0 Å². The van der Waals surface area contributed by atoms with E-state index in [0.29, 0.717) is 13.2 Å². The van der Waals surface area contributed by atoms with E-state index in [1.54, 1.807) is 0 Å². The highest BCUT2D eigenvalue weighted by molar-refractivity contribution is 7.46. The van der Waals surface area contributed by atoms with Gasteiger partial charge in [0.1, 0.15) is 0 Å². The van der Waals surface area contributed by atoms with Crippen molar-refractivity contribution in [1.82, 2.24) is 0 Å². The van der Waals surface area contributed by atoms with E-state index in [2.05, 4.69) is 11.4 Å². The van der Waals surface area contributed by atoms with Gasteiger partial charge >= 0.3 is 7.82 Å². The smallest absolute Gasteiger partial charge is 0.379 e. The maximum Gasteiger partial charge on any atom is 0.469 e. The number of hydrogen-bond acceptors (Lipinski definition) is 4. The van der Waals surface area contributed by atoms with Crippen molar-refractivity contribution in [3.05, 3.63) is 0 Å². The highest BCUT2D eigenvalue weighted by Gasteiger charge is 2.12. The summed E-state index contributed by atoms with van der Waals surface area (Å²) in [4.78, 5) is 16.7. The largest absolute Gasteiger partial charge is 0.469 e. The van der Waals surface area contributed by atoms with Crippen molar-refractivity contribution in [3.8, 4) is 0 Å². The van der Waals surface area contributed by atoms with Gasteiger partial charge in [-0.3, -0.25) is 4.52 Å². The van der Waals surface area contributed by atoms with Gasteiger partial charge in [0.25, 0.3) is 0 Å². The second kappa shape index (κ2) is 10.2. The Morgan fingerprint density at radius 2 is 1.50 bits per heavy atom. The van der Waals surface area contributed by atoms with Crippen molar-refractivity contribution in [2.24, 2.45) is 0 Å². The van der Waals surface area contributed by atoms with E-state index in [1.165, 1.54) is 6.42 Å². The Bertz CT molecular complexity index is 192. The lowest BCUT2D eigenvalue weighted by molar-refractivity contribution is 0.0313. The number of rotatable bonds is 11. The zero-order chi connectivity index (χ0) is 12.3. The van der Waals surface area contributed by atoms with Crippen LogP contribution in [0.1, 0.15) is 26.2 Å². The van der Waals surface area contributed by atoms with E-state index in [9.17, 15) is 4.57 Å². The van der Waals surface area contributed by atoms with Crippen LogP contribution in [0.15, 0.2) is 0 Å². The Labute approximate surface area is 96.1 Å². The Balaban J connectivity index is 3.02. The van der Waals surface area contributed by atoms with Gasteiger partial charge in [0, 0.05) is 6.61 Å². The average molecular weight is 256 g/mol. The van der Waals surface area contributed by atoms with Gasteiger partial charge in [-0.2, -0.15) is 0 Å². The molecule has 0 fully saturated rings. The van der Waals surface area contributed by atoms with Crippen LogP contribution in [-0.4, -0.2) is 42.8 Å². The van der Waals surface area contributed by atoms with Crippen LogP contribution < -0.4 is 0 Å². The number of unbranched alkanes of at least 4 members (excludes halogenated alkanes) is 2. The summed E-state index contributed by atoms with van der Waals surface area (Å²) in [6.07, 6.45) is 3.38. The fourth-order valence-corrected chi connectivity index (χ4v) is 1.30.